The second kappa shape index (κ2) is 3.89. The summed E-state index contributed by atoms with van der Waals surface area (Å²) in [5, 5.41) is 0. The molecular weight excluding hydrogens is 198 g/mol. The molecule has 86 valence electrons. The molecule has 0 aromatic carbocycles. The number of pyridine rings is 1. The van der Waals surface area contributed by atoms with Gasteiger partial charge in [0.15, 0.2) is 5.65 Å². The van der Waals surface area contributed by atoms with Crippen molar-refractivity contribution in [2.24, 2.45) is 0 Å². The lowest BCUT2D eigenvalue weighted by molar-refractivity contribution is 0.500. The average Bonchev–Trinajstić information content (AvgIpc) is 2.58. The fraction of sp³-hybridized carbons (Fsp3) is 0.538. The van der Waals surface area contributed by atoms with Gasteiger partial charge in [0.2, 0.25) is 0 Å². The predicted molar refractivity (Wildman–Crippen MR) is 66.5 cm³/mol. The summed E-state index contributed by atoms with van der Waals surface area (Å²) in [6.45, 7) is 9.75. The van der Waals surface area contributed by atoms with Crippen molar-refractivity contribution in [3.05, 3.63) is 24.2 Å². The Hall–Kier alpha value is -1.38. The van der Waals surface area contributed by atoms with E-state index in [1.165, 1.54) is 0 Å². The second-order valence-electron chi connectivity index (χ2n) is 5.18. The Kier molecular flexibility index (Phi) is 2.70. The highest BCUT2D eigenvalue weighted by molar-refractivity contribution is 5.71. The molecule has 0 bridgehead atoms. The van der Waals surface area contributed by atoms with Crippen molar-refractivity contribution in [1.82, 2.24) is 14.5 Å². The number of hydrogen-bond donors (Lipinski definition) is 0. The second-order valence-corrected chi connectivity index (χ2v) is 5.18. The molecule has 0 atom stereocenters. The van der Waals surface area contributed by atoms with Crippen LogP contribution in [0.25, 0.3) is 11.2 Å². The number of nitrogens with zero attached hydrogens (tertiary/aromatic N) is 3. The largest absolute Gasteiger partial charge is 0.312 e. The van der Waals surface area contributed by atoms with Gasteiger partial charge in [-0.25, -0.2) is 9.97 Å². The van der Waals surface area contributed by atoms with Crippen molar-refractivity contribution >= 4 is 11.2 Å². The van der Waals surface area contributed by atoms with Gasteiger partial charge in [-0.15, -0.1) is 0 Å². The van der Waals surface area contributed by atoms with E-state index < -0.39 is 0 Å². The predicted octanol–water partition coefficient (Wildman–Crippen LogP) is 3.14. The molecule has 16 heavy (non-hydrogen) atoms. The Bertz CT molecular complexity index is 491. The SMILES string of the molecule is CCCn1c(C(C)(C)C)nc2cccnc21. The van der Waals surface area contributed by atoms with E-state index in [1.807, 2.05) is 18.3 Å². The fourth-order valence-electron chi connectivity index (χ4n) is 1.97. The molecule has 0 amide bonds. The fourth-order valence-corrected chi connectivity index (χ4v) is 1.97. The van der Waals surface area contributed by atoms with E-state index in [0.717, 1.165) is 30.0 Å². The summed E-state index contributed by atoms with van der Waals surface area (Å²) in [4.78, 5) is 9.14. The Morgan fingerprint density at radius 1 is 1.31 bits per heavy atom. The Morgan fingerprint density at radius 2 is 2.06 bits per heavy atom. The van der Waals surface area contributed by atoms with Crippen LogP contribution in [0.2, 0.25) is 0 Å². The number of fused-ring (bicyclic) bond motifs is 1. The number of aryl methyl sites for hydroxylation is 1. The first kappa shape index (κ1) is 11.1. The number of aromatic nitrogens is 3. The Morgan fingerprint density at radius 3 is 2.69 bits per heavy atom. The third-order valence-corrected chi connectivity index (χ3v) is 2.62. The van der Waals surface area contributed by atoms with Crippen molar-refractivity contribution < 1.29 is 0 Å². The first-order valence-electron chi connectivity index (χ1n) is 5.85. The lowest BCUT2D eigenvalue weighted by Gasteiger charge is -2.19. The molecule has 0 unspecified atom stereocenters. The van der Waals surface area contributed by atoms with E-state index in [2.05, 4.69) is 37.2 Å². The summed E-state index contributed by atoms with van der Waals surface area (Å²) >= 11 is 0. The normalized spacial score (nSPS) is 12.2. The van der Waals surface area contributed by atoms with Crippen LogP contribution in [0.15, 0.2) is 18.3 Å². The van der Waals surface area contributed by atoms with Crippen molar-refractivity contribution in [3.8, 4) is 0 Å². The molecule has 0 aliphatic heterocycles. The van der Waals surface area contributed by atoms with E-state index in [-0.39, 0.29) is 5.41 Å². The maximum Gasteiger partial charge on any atom is 0.159 e. The lowest BCUT2D eigenvalue weighted by Crippen LogP contribution is -2.19. The molecule has 0 fully saturated rings. The first-order chi connectivity index (χ1) is 7.54. The molecule has 0 aliphatic carbocycles. The highest BCUT2D eigenvalue weighted by atomic mass is 15.1. The molecule has 0 N–H and O–H groups in total. The minimum absolute atomic E-state index is 0.0653. The summed E-state index contributed by atoms with van der Waals surface area (Å²) in [5.41, 5.74) is 2.07. The molecular formula is C13H19N3. The summed E-state index contributed by atoms with van der Waals surface area (Å²) in [6, 6.07) is 3.97. The van der Waals surface area contributed by atoms with E-state index in [0.29, 0.717) is 0 Å². The summed E-state index contributed by atoms with van der Waals surface area (Å²) in [6.07, 6.45) is 2.94. The first-order valence-corrected chi connectivity index (χ1v) is 5.85. The van der Waals surface area contributed by atoms with Gasteiger partial charge in [0.1, 0.15) is 11.3 Å². The molecule has 0 radical (unpaired) electrons. The van der Waals surface area contributed by atoms with Crippen LogP contribution in [0, 0.1) is 0 Å². The maximum atomic E-state index is 4.70. The van der Waals surface area contributed by atoms with Crippen LogP contribution in [0.5, 0.6) is 0 Å². The zero-order chi connectivity index (χ0) is 11.8. The van der Waals surface area contributed by atoms with Crippen molar-refractivity contribution in [2.45, 2.75) is 46.1 Å². The third kappa shape index (κ3) is 1.82. The van der Waals surface area contributed by atoms with E-state index in [9.17, 15) is 0 Å². The molecule has 0 aliphatic rings. The Balaban J connectivity index is 2.68. The minimum Gasteiger partial charge on any atom is -0.312 e. The van der Waals surface area contributed by atoms with Crippen molar-refractivity contribution in [2.75, 3.05) is 0 Å². The monoisotopic (exact) mass is 217 g/mol. The van der Waals surface area contributed by atoms with Gasteiger partial charge in [0.25, 0.3) is 0 Å². The maximum absolute atomic E-state index is 4.70. The number of imidazole rings is 1. The molecule has 2 aromatic rings. The van der Waals surface area contributed by atoms with Gasteiger partial charge < -0.3 is 4.57 Å². The van der Waals surface area contributed by atoms with Crippen LogP contribution in [0.4, 0.5) is 0 Å². The lowest BCUT2D eigenvalue weighted by atomic mass is 9.95. The van der Waals surface area contributed by atoms with Crippen molar-refractivity contribution in [3.63, 3.8) is 0 Å². The molecule has 3 heteroatoms. The molecule has 3 nitrogen and oxygen atoms in total. The van der Waals surface area contributed by atoms with Crippen LogP contribution in [-0.2, 0) is 12.0 Å². The molecule has 2 rings (SSSR count). The number of hydrogen-bond acceptors (Lipinski definition) is 2. The van der Waals surface area contributed by atoms with Gasteiger partial charge in [-0.1, -0.05) is 27.7 Å². The zero-order valence-electron chi connectivity index (χ0n) is 10.5. The van der Waals surface area contributed by atoms with Crippen molar-refractivity contribution in [1.29, 1.82) is 0 Å². The van der Waals surface area contributed by atoms with E-state index in [4.69, 9.17) is 4.98 Å². The molecule has 0 spiro atoms. The summed E-state index contributed by atoms with van der Waals surface area (Å²) in [7, 11) is 0. The smallest absolute Gasteiger partial charge is 0.159 e. The molecule has 2 aromatic heterocycles. The van der Waals surface area contributed by atoms with E-state index in [1.54, 1.807) is 0 Å². The third-order valence-electron chi connectivity index (χ3n) is 2.62. The van der Waals surface area contributed by atoms with Crippen LogP contribution in [0.3, 0.4) is 0 Å². The van der Waals surface area contributed by atoms with Crippen LogP contribution < -0.4 is 0 Å². The molecule has 0 saturated carbocycles. The van der Waals surface area contributed by atoms with Gasteiger partial charge in [-0.05, 0) is 18.6 Å². The highest BCUT2D eigenvalue weighted by Crippen LogP contribution is 2.25. The standard InChI is InChI=1S/C13H19N3/c1-5-9-16-11-10(7-6-8-14-11)15-12(16)13(2,3)4/h6-8H,5,9H2,1-4H3. The van der Waals surface area contributed by atoms with Crippen LogP contribution in [-0.4, -0.2) is 14.5 Å². The van der Waals surface area contributed by atoms with Crippen LogP contribution >= 0.6 is 0 Å². The highest BCUT2D eigenvalue weighted by Gasteiger charge is 2.22. The summed E-state index contributed by atoms with van der Waals surface area (Å²) in [5.74, 6) is 1.13. The molecule has 2 heterocycles. The van der Waals surface area contributed by atoms with E-state index >= 15 is 0 Å². The average molecular weight is 217 g/mol. The van der Waals surface area contributed by atoms with Gasteiger partial charge in [0.05, 0.1) is 0 Å². The summed E-state index contributed by atoms with van der Waals surface area (Å²) < 4.78 is 2.25. The minimum atomic E-state index is 0.0653. The Labute approximate surface area is 96.5 Å². The van der Waals surface area contributed by atoms with Crippen LogP contribution in [0.1, 0.15) is 39.9 Å². The topological polar surface area (TPSA) is 30.7 Å². The van der Waals surface area contributed by atoms with Gasteiger partial charge in [-0.2, -0.15) is 0 Å². The quantitative estimate of drug-likeness (QED) is 0.773. The number of rotatable bonds is 2. The zero-order valence-corrected chi connectivity index (χ0v) is 10.5. The molecule has 0 saturated heterocycles. The van der Waals surface area contributed by atoms with Gasteiger partial charge in [-0.3, -0.25) is 0 Å². The van der Waals surface area contributed by atoms with Gasteiger partial charge in [0, 0.05) is 18.2 Å². The van der Waals surface area contributed by atoms with Gasteiger partial charge >= 0.3 is 0 Å².